The zero-order valence-electron chi connectivity index (χ0n) is 9.25. The van der Waals surface area contributed by atoms with Gasteiger partial charge >= 0.3 is 0 Å². The SMILES string of the molecule is Cc1ccc2c(c1)c(F)cc1c(=O)[nH]ccc12. The minimum Gasteiger partial charge on any atom is -0.329 e. The van der Waals surface area contributed by atoms with Crippen molar-refractivity contribution < 1.29 is 4.39 Å². The topological polar surface area (TPSA) is 32.9 Å². The summed E-state index contributed by atoms with van der Waals surface area (Å²) in [5, 5.41) is 2.51. The molecule has 0 atom stereocenters. The molecule has 3 heteroatoms. The molecule has 84 valence electrons. The van der Waals surface area contributed by atoms with E-state index >= 15 is 0 Å². The van der Waals surface area contributed by atoms with Gasteiger partial charge in [0, 0.05) is 11.6 Å². The summed E-state index contributed by atoms with van der Waals surface area (Å²) in [7, 11) is 0. The first-order valence-electron chi connectivity index (χ1n) is 5.37. The number of aromatic nitrogens is 1. The molecule has 0 saturated heterocycles. The van der Waals surface area contributed by atoms with E-state index in [0.717, 1.165) is 16.3 Å². The maximum absolute atomic E-state index is 13.9. The van der Waals surface area contributed by atoms with Gasteiger partial charge in [0.1, 0.15) is 5.82 Å². The molecule has 0 spiro atoms. The molecule has 0 unspecified atom stereocenters. The van der Waals surface area contributed by atoms with Crippen LogP contribution in [0.4, 0.5) is 4.39 Å². The van der Waals surface area contributed by atoms with E-state index in [2.05, 4.69) is 4.98 Å². The lowest BCUT2D eigenvalue weighted by Gasteiger charge is -2.05. The van der Waals surface area contributed by atoms with Gasteiger partial charge in [-0.1, -0.05) is 17.7 Å². The van der Waals surface area contributed by atoms with Gasteiger partial charge in [0.25, 0.3) is 5.56 Å². The van der Waals surface area contributed by atoms with Crippen molar-refractivity contribution in [2.75, 3.05) is 0 Å². The van der Waals surface area contributed by atoms with Gasteiger partial charge < -0.3 is 4.98 Å². The average molecular weight is 227 g/mol. The molecule has 0 amide bonds. The number of aromatic amines is 1. The Balaban J connectivity index is 2.65. The second kappa shape index (κ2) is 3.42. The summed E-state index contributed by atoms with van der Waals surface area (Å²) in [5.41, 5.74) is 0.740. The predicted molar refractivity (Wildman–Crippen MR) is 66.8 cm³/mol. The minimum absolute atomic E-state index is 0.260. The third-order valence-electron chi connectivity index (χ3n) is 2.99. The Kier molecular flexibility index (Phi) is 2.01. The zero-order valence-corrected chi connectivity index (χ0v) is 9.25. The van der Waals surface area contributed by atoms with Gasteiger partial charge in [-0.2, -0.15) is 0 Å². The van der Waals surface area contributed by atoms with Crippen molar-refractivity contribution in [3.8, 4) is 0 Å². The van der Waals surface area contributed by atoms with E-state index < -0.39 is 0 Å². The second-order valence-corrected chi connectivity index (χ2v) is 4.18. The Morgan fingerprint density at radius 3 is 2.59 bits per heavy atom. The maximum Gasteiger partial charge on any atom is 0.255 e. The lowest BCUT2D eigenvalue weighted by atomic mass is 10.0. The van der Waals surface area contributed by atoms with Crippen LogP contribution in [-0.2, 0) is 0 Å². The first kappa shape index (κ1) is 10.0. The molecule has 1 aromatic heterocycles. The van der Waals surface area contributed by atoms with Gasteiger partial charge in [0.2, 0.25) is 0 Å². The minimum atomic E-state index is -0.354. The van der Waals surface area contributed by atoms with Crippen LogP contribution in [0, 0.1) is 12.7 Å². The molecule has 0 bridgehead atoms. The molecule has 17 heavy (non-hydrogen) atoms. The number of H-pyrrole nitrogens is 1. The van der Waals surface area contributed by atoms with E-state index in [-0.39, 0.29) is 11.4 Å². The van der Waals surface area contributed by atoms with Crippen molar-refractivity contribution >= 4 is 21.5 Å². The Morgan fingerprint density at radius 1 is 1.00 bits per heavy atom. The first-order chi connectivity index (χ1) is 8.16. The number of pyridine rings is 1. The molecular weight excluding hydrogens is 217 g/mol. The molecule has 0 aliphatic carbocycles. The number of benzene rings is 2. The van der Waals surface area contributed by atoms with Gasteiger partial charge in [-0.25, -0.2) is 4.39 Å². The summed E-state index contributed by atoms with van der Waals surface area (Å²) in [5.74, 6) is -0.354. The molecule has 0 saturated carbocycles. The number of fused-ring (bicyclic) bond motifs is 3. The van der Waals surface area contributed by atoms with Crippen LogP contribution in [0.1, 0.15) is 5.56 Å². The molecule has 3 aromatic rings. The molecule has 2 aromatic carbocycles. The van der Waals surface area contributed by atoms with Crippen LogP contribution in [0.5, 0.6) is 0 Å². The fourth-order valence-corrected chi connectivity index (χ4v) is 2.16. The smallest absolute Gasteiger partial charge is 0.255 e. The fraction of sp³-hybridized carbons (Fsp3) is 0.0714. The summed E-state index contributed by atoms with van der Waals surface area (Å²) in [6.07, 6.45) is 1.59. The van der Waals surface area contributed by atoms with E-state index in [4.69, 9.17) is 0 Å². The highest BCUT2D eigenvalue weighted by Gasteiger charge is 2.08. The fourth-order valence-electron chi connectivity index (χ4n) is 2.16. The van der Waals surface area contributed by atoms with Gasteiger partial charge in [0.05, 0.1) is 5.39 Å². The number of hydrogen-bond donors (Lipinski definition) is 1. The van der Waals surface area contributed by atoms with Crippen molar-refractivity contribution in [2.24, 2.45) is 0 Å². The highest BCUT2D eigenvalue weighted by Crippen LogP contribution is 2.26. The molecule has 0 aliphatic heterocycles. The van der Waals surface area contributed by atoms with Crippen molar-refractivity contribution in [1.29, 1.82) is 0 Å². The number of nitrogens with one attached hydrogen (secondary N) is 1. The first-order valence-corrected chi connectivity index (χ1v) is 5.37. The van der Waals surface area contributed by atoms with Crippen LogP contribution in [0.2, 0.25) is 0 Å². The van der Waals surface area contributed by atoms with Crippen molar-refractivity contribution in [1.82, 2.24) is 4.98 Å². The normalized spacial score (nSPS) is 11.2. The Hall–Kier alpha value is -2.16. The van der Waals surface area contributed by atoms with Gasteiger partial charge in [-0.05, 0) is 35.9 Å². The van der Waals surface area contributed by atoms with Crippen molar-refractivity contribution in [3.63, 3.8) is 0 Å². The summed E-state index contributed by atoms with van der Waals surface area (Å²) < 4.78 is 13.9. The highest BCUT2D eigenvalue weighted by molar-refractivity contribution is 6.07. The van der Waals surface area contributed by atoms with Crippen molar-refractivity contribution in [3.05, 3.63) is 58.3 Å². The van der Waals surface area contributed by atoms with Crippen LogP contribution in [0.25, 0.3) is 21.5 Å². The lowest BCUT2D eigenvalue weighted by Crippen LogP contribution is -2.05. The predicted octanol–water partition coefficient (Wildman–Crippen LogP) is 3.13. The Bertz CT molecular complexity index is 789. The molecule has 1 N–H and O–H groups in total. The molecule has 0 fully saturated rings. The van der Waals surface area contributed by atoms with Crippen LogP contribution >= 0.6 is 0 Å². The molecule has 1 heterocycles. The summed E-state index contributed by atoms with van der Waals surface area (Å²) in [6.45, 7) is 1.92. The standard InChI is InChI=1S/C14H10FNO/c1-8-2-3-9-10-4-5-16-14(17)12(10)7-13(15)11(9)6-8/h2-7H,1H3,(H,16,17). The third kappa shape index (κ3) is 1.43. The lowest BCUT2D eigenvalue weighted by molar-refractivity contribution is 0.641. The summed E-state index contributed by atoms with van der Waals surface area (Å²) in [6, 6.07) is 8.67. The molecule has 2 nitrogen and oxygen atoms in total. The summed E-state index contributed by atoms with van der Waals surface area (Å²) in [4.78, 5) is 14.2. The zero-order chi connectivity index (χ0) is 12.0. The van der Waals surface area contributed by atoms with E-state index in [1.165, 1.54) is 6.07 Å². The number of rotatable bonds is 0. The highest BCUT2D eigenvalue weighted by atomic mass is 19.1. The van der Waals surface area contributed by atoms with Crippen LogP contribution in [0.15, 0.2) is 41.3 Å². The maximum atomic E-state index is 13.9. The second-order valence-electron chi connectivity index (χ2n) is 4.18. The van der Waals surface area contributed by atoms with Gasteiger partial charge in [-0.3, -0.25) is 4.79 Å². The number of halogens is 1. The number of aryl methyl sites for hydroxylation is 1. The Labute approximate surface area is 96.7 Å². The molecule has 0 aliphatic rings. The van der Waals surface area contributed by atoms with E-state index in [9.17, 15) is 9.18 Å². The van der Waals surface area contributed by atoms with E-state index in [1.807, 2.05) is 19.1 Å². The van der Waals surface area contributed by atoms with Gasteiger partial charge in [-0.15, -0.1) is 0 Å². The van der Waals surface area contributed by atoms with E-state index in [1.54, 1.807) is 18.3 Å². The third-order valence-corrected chi connectivity index (χ3v) is 2.99. The monoisotopic (exact) mass is 227 g/mol. The van der Waals surface area contributed by atoms with Crippen LogP contribution < -0.4 is 5.56 Å². The molecular formula is C14H10FNO. The summed E-state index contributed by atoms with van der Waals surface area (Å²) >= 11 is 0. The average Bonchev–Trinajstić information content (AvgIpc) is 2.31. The largest absolute Gasteiger partial charge is 0.329 e. The number of hydrogen-bond acceptors (Lipinski definition) is 1. The Morgan fingerprint density at radius 2 is 1.76 bits per heavy atom. The van der Waals surface area contributed by atoms with Crippen LogP contribution in [0.3, 0.4) is 0 Å². The van der Waals surface area contributed by atoms with Crippen LogP contribution in [-0.4, -0.2) is 4.98 Å². The molecule has 0 radical (unpaired) electrons. The van der Waals surface area contributed by atoms with Gasteiger partial charge in [0.15, 0.2) is 0 Å². The quantitative estimate of drug-likeness (QED) is 0.588. The molecule has 3 rings (SSSR count). The van der Waals surface area contributed by atoms with Crippen molar-refractivity contribution in [2.45, 2.75) is 6.92 Å². The van der Waals surface area contributed by atoms with E-state index in [0.29, 0.717) is 10.8 Å².